The van der Waals surface area contributed by atoms with Gasteiger partial charge in [0, 0.05) is 11.5 Å². The van der Waals surface area contributed by atoms with Gasteiger partial charge in [0.25, 0.3) is 5.91 Å². The SMILES string of the molecule is Cc1cc(C)cc(-c2ccc(O)c3c2C[C@H]2C[C@H]4[C@H](N(C)C)C(=O)C(C(N)=O)=C(O)[C@@]4(O)C(=O)C2=C3O)c1. The lowest BCUT2D eigenvalue weighted by atomic mass is 9.57. The van der Waals surface area contributed by atoms with Gasteiger partial charge >= 0.3 is 0 Å². The van der Waals surface area contributed by atoms with Crippen molar-refractivity contribution in [1.29, 1.82) is 0 Å². The number of phenolic OH excluding ortho intramolecular Hbond substituents is 1. The molecule has 4 atom stereocenters. The van der Waals surface area contributed by atoms with Crippen LogP contribution in [0.15, 0.2) is 47.2 Å². The highest BCUT2D eigenvalue weighted by atomic mass is 16.3. The number of hydrogen-bond acceptors (Lipinski definition) is 8. The van der Waals surface area contributed by atoms with E-state index in [1.807, 2.05) is 32.0 Å². The zero-order chi connectivity index (χ0) is 27.8. The van der Waals surface area contributed by atoms with Crippen LogP contribution in [0, 0.1) is 25.7 Å². The number of likely N-dealkylation sites (N-methyl/N-ethyl adjacent to an activating group) is 1. The van der Waals surface area contributed by atoms with Crippen molar-refractivity contribution in [2.45, 2.75) is 38.3 Å². The van der Waals surface area contributed by atoms with Crippen molar-refractivity contribution in [3.8, 4) is 16.9 Å². The summed E-state index contributed by atoms with van der Waals surface area (Å²) in [5, 5.41) is 44.8. The molecule has 2 aromatic rings. The van der Waals surface area contributed by atoms with Crippen LogP contribution in [0.4, 0.5) is 0 Å². The highest BCUT2D eigenvalue weighted by Gasteiger charge is 2.64. The van der Waals surface area contributed by atoms with E-state index in [2.05, 4.69) is 0 Å². The summed E-state index contributed by atoms with van der Waals surface area (Å²) in [6.07, 6.45) is 0.291. The first-order valence-electron chi connectivity index (χ1n) is 12.4. The van der Waals surface area contributed by atoms with Gasteiger partial charge in [-0.25, -0.2) is 0 Å². The molecule has 9 nitrogen and oxygen atoms in total. The molecule has 1 amide bonds. The Balaban J connectivity index is 1.75. The fourth-order valence-electron chi connectivity index (χ4n) is 6.64. The van der Waals surface area contributed by atoms with E-state index in [0.29, 0.717) is 5.56 Å². The van der Waals surface area contributed by atoms with Crippen molar-refractivity contribution < 1.29 is 34.8 Å². The maximum atomic E-state index is 13.9. The fourth-order valence-corrected chi connectivity index (χ4v) is 6.64. The second-order valence-electron chi connectivity index (χ2n) is 10.8. The van der Waals surface area contributed by atoms with Crippen molar-refractivity contribution in [2.24, 2.45) is 17.6 Å². The van der Waals surface area contributed by atoms with Crippen LogP contribution in [-0.4, -0.2) is 68.5 Å². The van der Waals surface area contributed by atoms with Crippen LogP contribution in [0.1, 0.15) is 28.7 Å². The Morgan fingerprint density at radius 3 is 2.26 bits per heavy atom. The first-order valence-corrected chi connectivity index (χ1v) is 12.4. The molecule has 0 aromatic heterocycles. The number of benzene rings is 2. The standard InChI is InChI=1S/C29H30N2O7/c1-12-7-13(2)9-14(8-12)16-5-6-19(32)21-17(16)10-15-11-18-23(31(3)4)25(34)22(28(30)37)27(36)29(18,38)26(35)20(15)24(21)33/h5-9,15,18,23,32-33,36,38H,10-11H2,1-4H3,(H2,30,37)/t15-,18-,23-,29-/m0/s1. The van der Waals surface area contributed by atoms with E-state index in [1.165, 1.54) is 11.0 Å². The number of carbonyl (C=O) groups is 3. The second kappa shape index (κ2) is 8.54. The molecule has 0 unspecified atom stereocenters. The van der Waals surface area contributed by atoms with Crippen LogP contribution in [-0.2, 0) is 20.8 Å². The summed E-state index contributed by atoms with van der Waals surface area (Å²) < 4.78 is 0. The summed E-state index contributed by atoms with van der Waals surface area (Å²) in [6, 6.07) is 8.12. The summed E-state index contributed by atoms with van der Waals surface area (Å²) in [5.41, 5.74) is 6.19. The van der Waals surface area contributed by atoms with Gasteiger partial charge in [0.1, 0.15) is 22.8 Å². The lowest BCUT2D eigenvalue weighted by Gasteiger charge is -2.50. The van der Waals surface area contributed by atoms with Gasteiger partial charge in [-0.05, 0) is 69.5 Å². The Morgan fingerprint density at radius 1 is 1.05 bits per heavy atom. The van der Waals surface area contributed by atoms with Crippen LogP contribution >= 0.6 is 0 Å². The maximum Gasteiger partial charge on any atom is 0.255 e. The molecule has 0 radical (unpaired) electrons. The van der Waals surface area contributed by atoms with Crippen molar-refractivity contribution >= 4 is 23.2 Å². The van der Waals surface area contributed by atoms with E-state index in [9.17, 15) is 34.8 Å². The number of fused-ring (bicyclic) bond motifs is 3. The van der Waals surface area contributed by atoms with E-state index in [-0.39, 0.29) is 29.7 Å². The molecule has 0 spiro atoms. The minimum absolute atomic E-state index is 0.0493. The average Bonchev–Trinajstić information content (AvgIpc) is 2.80. The summed E-state index contributed by atoms with van der Waals surface area (Å²) in [5.74, 6) is -6.61. The second-order valence-corrected chi connectivity index (χ2v) is 10.8. The number of hydrogen-bond donors (Lipinski definition) is 5. The summed E-state index contributed by atoms with van der Waals surface area (Å²) in [4.78, 5) is 40.7. The van der Waals surface area contributed by atoms with Crippen LogP contribution in [0.25, 0.3) is 16.9 Å². The number of nitrogens with zero attached hydrogens (tertiary/aromatic N) is 1. The first kappa shape index (κ1) is 25.7. The molecule has 38 heavy (non-hydrogen) atoms. The Kier molecular flexibility index (Phi) is 5.77. The number of primary amides is 1. The number of carbonyl (C=O) groups excluding carboxylic acids is 3. The molecule has 3 aliphatic rings. The van der Waals surface area contributed by atoms with Crippen LogP contribution in [0.3, 0.4) is 0 Å². The minimum Gasteiger partial charge on any atom is -0.508 e. The molecule has 198 valence electrons. The third-order valence-corrected chi connectivity index (χ3v) is 8.14. The molecule has 6 N–H and O–H groups in total. The maximum absolute atomic E-state index is 13.9. The van der Waals surface area contributed by atoms with E-state index < -0.39 is 58.0 Å². The zero-order valence-corrected chi connectivity index (χ0v) is 21.6. The van der Waals surface area contributed by atoms with E-state index >= 15 is 0 Å². The van der Waals surface area contributed by atoms with Crippen molar-refractivity contribution in [3.63, 3.8) is 0 Å². The smallest absolute Gasteiger partial charge is 0.255 e. The third kappa shape index (κ3) is 3.42. The molecule has 1 fully saturated rings. The molecular formula is C29H30N2O7. The Morgan fingerprint density at radius 2 is 1.68 bits per heavy atom. The van der Waals surface area contributed by atoms with Gasteiger partial charge in [0.15, 0.2) is 11.4 Å². The highest BCUT2D eigenvalue weighted by molar-refractivity contribution is 6.24. The lowest BCUT2D eigenvalue weighted by Crippen LogP contribution is -2.65. The molecule has 0 saturated heterocycles. The van der Waals surface area contributed by atoms with E-state index in [4.69, 9.17) is 5.73 Å². The first-order chi connectivity index (χ1) is 17.8. The minimum atomic E-state index is -2.65. The van der Waals surface area contributed by atoms with Gasteiger partial charge < -0.3 is 26.2 Å². The molecule has 9 heteroatoms. The summed E-state index contributed by atoms with van der Waals surface area (Å²) in [6.45, 7) is 3.95. The number of phenols is 1. The third-order valence-electron chi connectivity index (χ3n) is 8.14. The average molecular weight is 519 g/mol. The Labute approximate surface area is 219 Å². The number of amides is 1. The zero-order valence-electron chi connectivity index (χ0n) is 21.6. The fraction of sp³-hybridized carbons (Fsp3) is 0.345. The summed E-state index contributed by atoms with van der Waals surface area (Å²) >= 11 is 0. The van der Waals surface area contributed by atoms with Crippen LogP contribution < -0.4 is 5.73 Å². The van der Waals surface area contributed by atoms with Crippen molar-refractivity contribution in [1.82, 2.24) is 4.90 Å². The monoisotopic (exact) mass is 518 g/mol. The van der Waals surface area contributed by atoms with Crippen molar-refractivity contribution in [3.05, 3.63) is 69.5 Å². The van der Waals surface area contributed by atoms with Crippen LogP contribution in [0.2, 0.25) is 0 Å². The van der Waals surface area contributed by atoms with Crippen LogP contribution in [0.5, 0.6) is 5.75 Å². The van der Waals surface area contributed by atoms with E-state index in [1.54, 1.807) is 20.2 Å². The topological polar surface area (TPSA) is 161 Å². The molecule has 0 heterocycles. The number of ketones is 2. The Bertz CT molecular complexity index is 1480. The predicted octanol–water partition coefficient (Wildman–Crippen LogP) is 2.25. The quantitative estimate of drug-likeness (QED) is 0.387. The molecule has 0 bridgehead atoms. The number of aromatic hydroxyl groups is 1. The largest absolute Gasteiger partial charge is 0.508 e. The molecule has 5 rings (SSSR count). The number of aliphatic hydroxyl groups excluding tert-OH is 2. The van der Waals surface area contributed by atoms with E-state index in [0.717, 1.165) is 22.3 Å². The van der Waals surface area contributed by atoms with Gasteiger partial charge in [0.05, 0.1) is 11.6 Å². The van der Waals surface area contributed by atoms with Gasteiger partial charge in [-0.3, -0.25) is 19.3 Å². The normalized spacial score (nSPS) is 26.8. The number of aryl methyl sites for hydroxylation is 2. The van der Waals surface area contributed by atoms with Gasteiger partial charge in [-0.15, -0.1) is 0 Å². The van der Waals surface area contributed by atoms with Crippen molar-refractivity contribution in [2.75, 3.05) is 14.1 Å². The van der Waals surface area contributed by atoms with Gasteiger partial charge in [0.2, 0.25) is 5.78 Å². The molecular weight excluding hydrogens is 488 g/mol. The molecule has 3 aliphatic carbocycles. The number of Topliss-reactive ketones (excluding diaryl/α,β-unsaturated/α-hetero) is 2. The summed E-state index contributed by atoms with van der Waals surface area (Å²) in [7, 11) is 3.15. The highest BCUT2D eigenvalue weighted by Crippen LogP contribution is 2.53. The van der Waals surface area contributed by atoms with Gasteiger partial charge in [-0.1, -0.05) is 35.4 Å². The molecule has 1 saturated carbocycles. The lowest BCUT2D eigenvalue weighted by molar-refractivity contribution is -0.153. The predicted molar refractivity (Wildman–Crippen MR) is 139 cm³/mol. The molecule has 2 aromatic carbocycles. The van der Waals surface area contributed by atoms with Gasteiger partial charge in [-0.2, -0.15) is 0 Å². The Hall–Kier alpha value is -3.95. The number of nitrogens with two attached hydrogens (primary N) is 1. The number of aliphatic hydroxyl groups is 3. The number of rotatable bonds is 3. The molecule has 0 aliphatic heterocycles.